The second-order valence-electron chi connectivity index (χ2n) is 8.60. The molecule has 0 fully saturated rings. The highest BCUT2D eigenvalue weighted by Crippen LogP contribution is 2.20. The van der Waals surface area contributed by atoms with Crippen molar-refractivity contribution in [1.82, 2.24) is 18.7 Å². The van der Waals surface area contributed by atoms with E-state index >= 15 is 0 Å². The van der Waals surface area contributed by atoms with E-state index in [0.717, 1.165) is 10.1 Å². The smallest absolute Gasteiger partial charge is 0.337 e. The number of carbonyl (C=O) groups is 1. The topological polar surface area (TPSA) is 88.1 Å². The summed E-state index contributed by atoms with van der Waals surface area (Å²) in [7, 11) is 0. The Morgan fingerprint density at radius 1 is 1.06 bits per heavy atom. The van der Waals surface area contributed by atoms with Gasteiger partial charge < -0.3 is 9.30 Å². The Labute approximate surface area is 201 Å². The zero-order valence-corrected chi connectivity index (χ0v) is 20.1. The molecule has 0 saturated carbocycles. The van der Waals surface area contributed by atoms with Crippen molar-refractivity contribution in [1.29, 1.82) is 0 Å². The van der Waals surface area contributed by atoms with Crippen molar-refractivity contribution in [3.8, 4) is 5.69 Å². The molecule has 0 amide bonds. The lowest BCUT2D eigenvalue weighted by Crippen LogP contribution is -2.40. The van der Waals surface area contributed by atoms with E-state index in [2.05, 4.69) is 18.8 Å². The molecule has 2 aromatic heterocycles. The zero-order chi connectivity index (χ0) is 25.3. The van der Waals surface area contributed by atoms with Gasteiger partial charge in [-0.15, -0.1) is 0 Å². The van der Waals surface area contributed by atoms with Crippen LogP contribution in [0.25, 0.3) is 16.9 Å². The number of benzene rings is 2. The SMILES string of the molecule is CCOC(=O)[C@H](C)n1cnc2c1c(=O)n(Cc1ccccc1F)c(=O)n2-c1ccc(C(C)C)cc1. The van der Waals surface area contributed by atoms with Crippen LogP contribution in [0.1, 0.15) is 50.8 Å². The van der Waals surface area contributed by atoms with Crippen LogP contribution in [0.2, 0.25) is 0 Å². The molecule has 0 radical (unpaired) electrons. The monoisotopic (exact) mass is 478 g/mol. The maximum atomic E-state index is 14.4. The third kappa shape index (κ3) is 4.41. The molecule has 0 bridgehead atoms. The van der Waals surface area contributed by atoms with Gasteiger partial charge in [-0.25, -0.2) is 23.5 Å². The number of rotatable bonds is 7. The summed E-state index contributed by atoms with van der Waals surface area (Å²) in [6, 6.07) is 12.5. The summed E-state index contributed by atoms with van der Waals surface area (Å²) in [5, 5.41) is 0. The van der Waals surface area contributed by atoms with Crippen LogP contribution in [0, 0.1) is 5.82 Å². The lowest BCUT2D eigenvalue weighted by Gasteiger charge is -2.16. The Morgan fingerprint density at radius 2 is 1.74 bits per heavy atom. The molecule has 182 valence electrons. The van der Waals surface area contributed by atoms with E-state index < -0.39 is 29.1 Å². The van der Waals surface area contributed by atoms with Crippen LogP contribution in [0.15, 0.2) is 64.4 Å². The minimum atomic E-state index is -0.858. The average molecular weight is 479 g/mol. The van der Waals surface area contributed by atoms with Gasteiger partial charge in [-0.2, -0.15) is 0 Å². The summed E-state index contributed by atoms with van der Waals surface area (Å²) in [5.74, 6) is -0.772. The molecule has 0 unspecified atom stereocenters. The molecular weight excluding hydrogens is 451 g/mol. The van der Waals surface area contributed by atoms with Gasteiger partial charge in [-0.05, 0) is 43.5 Å². The van der Waals surface area contributed by atoms with Crippen LogP contribution >= 0.6 is 0 Å². The van der Waals surface area contributed by atoms with Crippen molar-refractivity contribution in [3.05, 3.63) is 92.6 Å². The Balaban J connectivity index is 2.00. The van der Waals surface area contributed by atoms with Crippen LogP contribution in [0.5, 0.6) is 0 Å². The van der Waals surface area contributed by atoms with Crippen molar-refractivity contribution in [3.63, 3.8) is 0 Å². The van der Waals surface area contributed by atoms with Crippen LogP contribution in [-0.4, -0.2) is 31.3 Å². The van der Waals surface area contributed by atoms with Crippen molar-refractivity contribution in [2.45, 2.75) is 46.2 Å². The van der Waals surface area contributed by atoms with Gasteiger partial charge in [-0.1, -0.05) is 44.2 Å². The first kappa shape index (κ1) is 24.1. The number of carbonyl (C=O) groups excluding carboxylic acids is 1. The minimum Gasteiger partial charge on any atom is -0.464 e. The number of hydrogen-bond acceptors (Lipinski definition) is 5. The predicted molar refractivity (Wildman–Crippen MR) is 131 cm³/mol. The van der Waals surface area contributed by atoms with E-state index in [1.807, 2.05) is 12.1 Å². The number of fused-ring (bicyclic) bond motifs is 1. The molecule has 2 heterocycles. The quantitative estimate of drug-likeness (QED) is 0.377. The maximum absolute atomic E-state index is 14.4. The molecule has 4 aromatic rings. The Hall–Kier alpha value is -4.01. The first-order valence-electron chi connectivity index (χ1n) is 11.5. The highest BCUT2D eigenvalue weighted by molar-refractivity contribution is 5.79. The average Bonchev–Trinajstić information content (AvgIpc) is 3.27. The zero-order valence-electron chi connectivity index (χ0n) is 20.1. The molecule has 0 aliphatic rings. The standard InChI is InChI=1S/C26H27FN4O4/c1-5-35-25(33)17(4)30-15-28-23-22(30)24(32)29(14-19-8-6-7-9-21(19)27)26(34)31(23)20-12-10-18(11-13-20)16(2)3/h6-13,15-17H,5,14H2,1-4H3/t17-/m0/s1. The third-order valence-electron chi connectivity index (χ3n) is 6.01. The van der Waals surface area contributed by atoms with Crippen molar-refractivity contribution in [2.75, 3.05) is 6.61 Å². The highest BCUT2D eigenvalue weighted by Gasteiger charge is 2.25. The second kappa shape index (κ2) is 9.69. The van der Waals surface area contributed by atoms with Crippen LogP contribution in [-0.2, 0) is 16.1 Å². The number of ether oxygens (including phenoxy) is 1. The number of esters is 1. The molecule has 0 aliphatic carbocycles. The van der Waals surface area contributed by atoms with Gasteiger partial charge in [0.1, 0.15) is 11.9 Å². The summed E-state index contributed by atoms with van der Waals surface area (Å²) in [6.07, 6.45) is 1.35. The van der Waals surface area contributed by atoms with E-state index in [9.17, 15) is 18.8 Å². The van der Waals surface area contributed by atoms with E-state index in [1.54, 1.807) is 32.0 Å². The van der Waals surface area contributed by atoms with Crippen molar-refractivity contribution >= 4 is 17.1 Å². The molecule has 0 spiro atoms. The summed E-state index contributed by atoms with van der Waals surface area (Å²) in [5.41, 5.74) is 0.610. The molecule has 8 nitrogen and oxygen atoms in total. The fraction of sp³-hybridized carbons (Fsp3) is 0.308. The number of nitrogens with zero attached hydrogens (tertiary/aromatic N) is 4. The molecule has 2 aromatic carbocycles. The normalized spacial score (nSPS) is 12.3. The van der Waals surface area contributed by atoms with E-state index in [4.69, 9.17) is 4.74 Å². The molecule has 35 heavy (non-hydrogen) atoms. The molecule has 4 rings (SSSR count). The van der Waals surface area contributed by atoms with Crippen LogP contribution in [0.3, 0.4) is 0 Å². The van der Waals surface area contributed by atoms with Crippen LogP contribution in [0.4, 0.5) is 4.39 Å². The fourth-order valence-corrected chi connectivity index (χ4v) is 3.99. The molecule has 1 atom stereocenters. The Bertz CT molecular complexity index is 1500. The van der Waals surface area contributed by atoms with E-state index in [1.165, 1.54) is 33.7 Å². The van der Waals surface area contributed by atoms with Gasteiger partial charge in [0.25, 0.3) is 5.56 Å². The van der Waals surface area contributed by atoms with Gasteiger partial charge >= 0.3 is 11.7 Å². The molecule has 0 aliphatic heterocycles. The molecule has 0 saturated heterocycles. The van der Waals surface area contributed by atoms with Crippen LogP contribution < -0.4 is 11.2 Å². The fourth-order valence-electron chi connectivity index (χ4n) is 3.99. The van der Waals surface area contributed by atoms with Crippen molar-refractivity contribution < 1.29 is 13.9 Å². The van der Waals surface area contributed by atoms with Gasteiger partial charge in [-0.3, -0.25) is 9.36 Å². The number of aromatic nitrogens is 4. The van der Waals surface area contributed by atoms with Gasteiger partial charge in [0.2, 0.25) is 0 Å². The van der Waals surface area contributed by atoms with Gasteiger partial charge in [0.05, 0.1) is 25.2 Å². The summed E-state index contributed by atoms with van der Waals surface area (Å²) in [4.78, 5) is 44.0. The van der Waals surface area contributed by atoms with E-state index in [0.29, 0.717) is 11.6 Å². The number of hydrogen-bond donors (Lipinski definition) is 0. The van der Waals surface area contributed by atoms with Gasteiger partial charge in [0, 0.05) is 5.56 Å². The lowest BCUT2D eigenvalue weighted by atomic mass is 10.0. The second-order valence-corrected chi connectivity index (χ2v) is 8.60. The predicted octanol–water partition coefficient (Wildman–Crippen LogP) is 3.78. The first-order valence-corrected chi connectivity index (χ1v) is 11.5. The molecule has 9 heteroatoms. The van der Waals surface area contributed by atoms with Crippen molar-refractivity contribution in [2.24, 2.45) is 0 Å². The summed E-state index contributed by atoms with van der Waals surface area (Å²) in [6.45, 7) is 7.31. The van der Waals surface area contributed by atoms with E-state index in [-0.39, 0.29) is 29.9 Å². The lowest BCUT2D eigenvalue weighted by molar-refractivity contribution is -0.146. The Kier molecular flexibility index (Phi) is 6.68. The number of imidazole rings is 1. The first-order chi connectivity index (χ1) is 16.7. The highest BCUT2D eigenvalue weighted by atomic mass is 19.1. The molecule has 0 N–H and O–H groups in total. The summed E-state index contributed by atoms with van der Waals surface area (Å²) >= 11 is 0. The number of halogens is 1. The van der Waals surface area contributed by atoms with Gasteiger partial charge in [0.15, 0.2) is 11.2 Å². The largest absolute Gasteiger partial charge is 0.464 e. The summed E-state index contributed by atoms with van der Waals surface area (Å²) < 4.78 is 23.2. The minimum absolute atomic E-state index is 0.0504. The maximum Gasteiger partial charge on any atom is 0.337 e. The molecular formula is C26H27FN4O4. The Morgan fingerprint density at radius 3 is 2.37 bits per heavy atom. The third-order valence-corrected chi connectivity index (χ3v) is 6.01.